The van der Waals surface area contributed by atoms with Crippen molar-refractivity contribution in [3.05, 3.63) is 53.6 Å². The summed E-state index contributed by atoms with van der Waals surface area (Å²) >= 11 is 0. The molecule has 1 N–H and O–H groups in total. The highest BCUT2D eigenvalue weighted by molar-refractivity contribution is 5.43. The van der Waals surface area contributed by atoms with Crippen LogP contribution in [0.5, 0.6) is 17.2 Å². The van der Waals surface area contributed by atoms with Gasteiger partial charge in [0, 0.05) is 19.5 Å². The molecule has 0 saturated heterocycles. The summed E-state index contributed by atoms with van der Waals surface area (Å²) in [5.41, 5.74) is 2.31. The van der Waals surface area contributed by atoms with E-state index in [0.717, 1.165) is 24.4 Å². The smallest absolute Gasteiger partial charge is 0.161 e. The van der Waals surface area contributed by atoms with Gasteiger partial charge in [-0.25, -0.2) is 0 Å². The van der Waals surface area contributed by atoms with Crippen LogP contribution in [0.3, 0.4) is 0 Å². The Bertz CT molecular complexity index is 693. The number of benzene rings is 2. The molecule has 0 aliphatic rings. The molecule has 0 bridgehead atoms. The third-order valence-corrected chi connectivity index (χ3v) is 3.74. The van der Waals surface area contributed by atoms with Crippen LogP contribution in [0.1, 0.15) is 24.0 Å². The predicted molar refractivity (Wildman–Crippen MR) is 96.9 cm³/mol. The van der Waals surface area contributed by atoms with Crippen LogP contribution in [0.15, 0.2) is 42.5 Å². The van der Waals surface area contributed by atoms with Gasteiger partial charge in [-0.2, -0.15) is 5.26 Å². The van der Waals surface area contributed by atoms with E-state index in [1.54, 1.807) is 14.2 Å². The van der Waals surface area contributed by atoms with Gasteiger partial charge in [0.2, 0.25) is 0 Å². The number of nitrogens with one attached hydrogen (secondary N) is 1. The van der Waals surface area contributed by atoms with Crippen LogP contribution in [0, 0.1) is 11.3 Å². The summed E-state index contributed by atoms with van der Waals surface area (Å²) in [5, 5.41) is 12.0. The number of ether oxygens (including phenoxy) is 3. The molecule has 0 radical (unpaired) electrons. The molecule has 0 heterocycles. The Labute approximate surface area is 149 Å². The fourth-order valence-corrected chi connectivity index (χ4v) is 2.37. The van der Waals surface area contributed by atoms with Crippen molar-refractivity contribution in [3.63, 3.8) is 0 Å². The fourth-order valence-electron chi connectivity index (χ4n) is 2.37. The zero-order valence-electron chi connectivity index (χ0n) is 14.7. The Morgan fingerprint density at radius 1 is 0.920 bits per heavy atom. The zero-order valence-corrected chi connectivity index (χ0v) is 14.7. The SMILES string of the molecule is COc1ccc(CNCc2ccc(OC)c(OCCCC#N)c2)cc1. The van der Waals surface area contributed by atoms with Crippen LogP contribution in [-0.2, 0) is 13.1 Å². The highest BCUT2D eigenvalue weighted by Crippen LogP contribution is 2.28. The lowest BCUT2D eigenvalue weighted by Crippen LogP contribution is -2.12. The average molecular weight is 340 g/mol. The van der Waals surface area contributed by atoms with Crippen LogP contribution < -0.4 is 19.5 Å². The van der Waals surface area contributed by atoms with Gasteiger partial charge in [0.1, 0.15) is 5.75 Å². The molecule has 0 aromatic heterocycles. The first-order valence-corrected chi connectivity index (χ1v) is 8.27. The summed E-state index contributed by atoms with van der Waals surface area (Å²) in [6.45, 7) is 2.01. The van der Waals surface area contributed by atoms with E-state index in [4.69, 9.17) is 19.5 Å². The summed E-state index contributed by atoms with van der Waals surface area (Å²) < 4.78 is 16.2. The summed E-state index contributed by atoms with van der Waals surface area (Å²) in [4.78, 5) is 0. The highest BCUT2D eigenvalue weighted by Gasteiger charge is 2.06. The van der Waals surface area contributed by atoms with Gasteiger partial charge >= 0.3 is 0 Å². The van der Waals surface area contributed by atoms with Crippen molar-refractivity contribution in [1.29, 1.82) is 5.26 Å². The molecule has 25 heavy (non-hydrogen) atoms. The molecule has 0 saturated carbocycles. The van der Waals surface area contributed by atoms with Crippen molar-refractivity contribution >= 4 is 0 Å². The Morgan fingerprint density at radius 2 is 1.64 bits per heavy atom. The summed E-state index contributed by atoms with van der Waals surface area (Å²) in [6.07, 6.45) is 1.20. The number of rotatable bonds is 10. The van der Waals surface area contributed by atoms with Crippen molar-refractivity contribution in [2.75, 3.05) is 20.8 Å². The van der Waals surface area contributed by atoms with E-state index in [-0.39, 0.29) is 0 Å². The van der Waals surface area contributed by atoms with Crippen LogP contribution in [0.2, 0.25) is 0 Å². The molecule has 2 aromatic rings. The van der Waals surface area contributed by atoms with Gasteiger partial charge in [-0.15, -0.1) is 0 Å². The first kappa shape index (κ1) is 18.6. The minimum Gasteiger partial charge on any atom is -0.497 e. The molecule has 0 amide bonds. The standard InChI is InChI=1S/C20H24N2O3/c1-23-18-8-5-16(6-9-18)14-22-15-17-7-10-19(24-2)20(13-17)25-12-4-3-11-21/h5-10,13,22H,3-4,12,14-15H2,1-2H3. The van der Waals surface area contributed by atoms with E-state index < -0.39 is 0 Å². The monoisotopic (exact) mass is 340 g/mol. The summed E-state index contributed by atoms with van der Waals surface area (Å²) in [5.74, 6) is 2.28. The van der Waals surface area contributed by atoms with E-state index in [1.807, 2.05) is 42.5 Å². The number of unbranched alkanes of at least 4 members (excludes halogenated alkanes) is 1. The number of hydrogen-bond donors (Lipinski definition) is 1. The zero-order chi connectivity index (χ0) is 17.9. The largest absolute Gasteiger partial charge is 0.497 e. The fraction of sp³-hybridized carbons (Fsp3) is 0.350. The second-order valence-corrected chi connectivity index (χ2v) is 5.55. The van der Waals surface area contributed by atoms with Crippen molar-refractivity contribution in [1.82, 2.24) is 5.32 Å². The van der Waals surface area contributed by atoms with Gasteiger partial charge in [-0.3, -0.25) is 0 Å². The van der Waals surface area contributed by atoms with E-state index >= 15 is 0 Å². The molecule has 5 heteroatoms. The second kappa shape index (κ2) is 10.2. The van der Waals surface area contributed by atoms with E-state index in [2.05, 4.69) is 11.4 Å². The van der Waals surface area contributed by atoms with Crippen molar-refractivity contribution < 1.29 is 14.2 Å². The maximum absolute atomic E-state index is 8.58. The lowest BCUT2D eigenvalue weighted by atomic mass is 10.2. The van der Waals surface area contributed by atoms with Crippen LogP contribution in [-0.4, -0.2) is 20.8 Å². The summed E-state index contributed by atoms with van der Waals surface area (Å²) in [6, 6.07) is 16.0. The van der Waals surface area contributed by atoms with Gasteiger partial charge < -0.3 is 19.5 Å². The van der Waals surface area contributed by atoms with Crippen molar-refractivity contribution in [2.24, 2.45) is 0 Å². The molecule has 0 fully saturated rings. The molecular formula is C20H24N2O3. The first-order chi connectivity index (χ1) is 12.3. The Kier molecular flexibility index (Phi) is 7.61. The van der Waals surface area contributed by atoms with E-state index in [9.17, 15) is 0 Å². The molecule has 132 valence electrons. The minimum atomic E-state index is 0.491. The van der Waals surface area contributed by atoms with E-state index in [0.29, 0.717) is 30.9 Å². The molecule has 2 rings (SSSR count). The molecule has 0 aliphatic carbocycles. The highest BCUT2D eigenvalue weighted by atomic mass is 16.5. The lowest BCUT2D eigenvalue weighted by molar-refractivity contribution is 0.290. The normalized spacial score (nSPS) is 10.1. The number of hydrogen-bond acceptors (Lipinski definition) is 5. The van der Waals surface area contributed by atoms with Gasteiger partial charge in [0.15, 0.2) is 11.5 Å². The van der Waals surface area contributed by atoms with Crippen LogP contribution >= 0.6 is 0 Å². The molecular weight excluding hydrogens is 316 g/mol. The van der Waals surface area contributed by atoms with Gasteiger partial charge in [-0.1, -0.05) is 18.2 Å². The molecule has 2 aromatic carbocycles. The van der Waals surface area contributed by atoms with Crippen molar-refractivity contribution in [2.45, 2.75) is 25.9 Å². The third kappa shape index (κ3) is 6.02. The van der Waals surface area contributed by atoms with Gasteiger partial charge in [-0.05, 0) is 41.8 Å². The number of nitriles is 1. The minimum absolute atomic E-state index is 0.491. The average Bonchev–Trinajstić information content (AvgIpc) is 2.66. The topological polar surface area (TPSA) is 63.5 Å². The van der Waals surface area contributed by atoms with E-state index in [1.165, 1.54) is 5.56 Å². The maximum atomic E-state index is 8.58. The van der Waals surface area contributed by atoms with Gasteiger partial charge in [0.25, 0.3) is 0 Å². The number of methoxy groups -OCH3 is 2. The van der Waals surface area contributed by atoms with Crippen molar-refractivity contribution in [3.8, 4) is 23.3 Å². The summed E-state index contributed by atoms with van der Waals surface area (Å²) in [7, 11) is 3.29. The van der Waals surface area contributed by atoms with Crippen LogP contribution in [0.25, 0.3) is 0 Å². The molecule has 0 spiro atoms. The molecule has 0 unspecified atom stereocenters. The van der Waals surface area contributed by atoms with Crippen LogP contribution in [0.4, 0.5) is 0 Å². The Balaban J connectivity index is 1.89. The van der Waals surface area contributed by atoms with Gasteiger partial charge in [0.05, 0.1) is 26.9 Å². The Morgan fingerprint density at radius 3 is 2.32 bits per heavy atom. The molecule has 0 aliphatic heterocycles. The predicted octanol–water partition coefficient (Wildman–Crippen LogP) is 3.68. The maximum Gasteiger partial charge on any atom is 0.161 e. The molecule has 0 atom stereocenters. The number of nitrogens with zero attached hydrogens (tertiary/aromatic N) is 1. The first-order valence-electron chi connectivity index (χ1n) is 8.27. The lowest BCUT2D eigenvalue weighted by Gasteiger charge is -2.12. The second-order valence-electron chi connectivity index (χ2n) is 5.55. The third-order valence-electron chi connectivity index (χ3n) is 3.74. The quantitative estimate of drug-likeness (QED) is 0.669. The Hall–Kier alpha value is -2.71. The molecule has 5 nitrogen and oxygen atoms in total.